The summed E-state index contributed by atoms with van der Waals surface area (Å²) in [6, 6.07) is 29.1. The summed E-state index contributed by atoms with van der Waals surface area (Å²) in [7, 11) is 1.63. The Hall–Kier alpha value is -5.16. The fourth-order valence-corrected chi connectivity index (χ4v) is 6.10. The number of thioether (sulfide) groups is 1. The predicted molar refractivity (Wildman–Crippen MR) is 176 cm³/mol. The number of aryl methyl sites for hydroxylation is 2. The van der Waals surface area contributed by atoms with Crippen molar-refractivity contribution in [1.29, 1.82) is 0 Å². The molecule has 0 fully saturated rings. The molecule has 0 bridgehead atoms. The van der Waals surface area contributed by atoms with Crippen LogP contribution in [0.3, 0.4) is 0 Å². The van der Waals surface area contributed by atoms with Gasteiger partial charge in [-0.1, -0.05) is 71.9 Å². The number of nitrogens with one attached hydrogen (secondary N) is 1. The summed E-state index contributed by atoms with van der Waals surface area (Å²) in [6.45, 7) is 2.78. The normalized spacial score (nSPS) is 14.3. The lowest BCUT2D eigenvalue weighted by Crippen LogP contribution is -2.28. The maximum Gasteiger partial charge on any atom is 0.287 e. The second-order valence-electron chi connectivity index (χ2n) is 10.9. The Kier molecular flexibility index (Phi) is 9.59. The quantitative estimate of drug-likeness (QED) is 0.172. The van der Waals surface area contributed by atoms with Crippen LogP contribution < -0.4 is 10.1 Å². The molecule has 1 aliphatic heterocycles. The molecule has 1 atom stereocenters. The molecule has 5 aromatic rings. The van der Waals surface area contributed by atoms with E-state index in [0.717, 1.165) is 40.1 Å². The highest BCUT2D eigenvalue weighted by Gasteiger charge is 2.33. The number of carbonyl (C=O) groups excluding carboxylic acids is 2. The SMILES string of the molecule is COc1ccc(C2=NN(C(=O)CSc3nnc(CNC(=O)c4ccco4)n3CCc3ccccc3)[C@@H](c3ccc(C)cc3)C2)cc1. The summed E-state index contributed by atoms with van der Waals surface area (Å²) in [5, 5.41) is 18.7. The van der Waals surface area contributed by atoms with Gasteiger partial charge >= 0.3 is 0 Å². The first-order valence-corrected chi connectivity index (χ1v) is 16.0. The fraction of sp³-hybridized carbons (Fsp3) is 0.229. The minimum atomic E-state index is -0.339. The molecule has 0 saturated carbocycles. The topological polar surface area (TPSA) is 115 Å². The Labute approximate surface area is 271 Å². The molecule has 11 heteroatoms. The van der Waals surface area contributed by atoms with E-state index in [1.807, 2.05) is 54.0 Å². The Morgan fingerprint density at radius 1 is 0.978 bits per heavy atom. The van der Waals surface area contributed by atoms with E-state index in [0.29, 0.717) is 23.9 Å². The highest BCUT2D eigenvalue weighted by molar-refractivity contribution is 7.99. The molecule has 1 N–H and O–H groups in total. The van der Waals surface area contributed by atoms with E-state index in [-0.39, 0.29) is 35.9 Å². The summed E-state index contributed by atoms with van der Waals surface area (Å²) >= 11 is 1.31. The predicted octanol–water partition coefficient (Wildman–Crippen LogP) is 5.83. The van der Waals surface area contributed by atoms with E-state index in [1.54, 1.807) is 24.3 Å². The molecular weight excluding hydrogens is 600 g/mol. The van der Waals surface area contributed by atoms with Gasteiger partial charge in [0.25, 0.3) is 11.8 Å². The largest absolute Gasteiger partial charge is 0.497 e. The number of furan rings is 1. The third-order valence-electron chi connectivity index (χ3n) is 7.79. The second-order valence-corrected chi connectivity index (χ2v) is 11.8. The van der Waals surface area contributed by atoms with Crippen LogP contribution >= 0.6 is 11.8 Å². The van der Waals surface area contributed by atoms with Crippen molar-refractivity contribution in [2.75, 3.05) is 12.9 Å². The van der Waals surface area contributed by atoms with Crippen LogP contribution in [-0.2, 0) is 24.3 Å². The van der Waals surface area contributed by atoms with Gasteiger partial charge in [0.1, 0.15) is 5.75 Å². The fourth-order valence-electron chi connectivity index (χ4n) is 5.26. The Bertz CT molecular complexity index is 1800. The minimum absolute atomic E-state index is 0.115. The van der Waals surface area contributed by atoms with Crippen molar-refractivity contribution >= 4 is 29.3 Å². The molecule has 46 heavy (non-hydrogen) atoms. The molecular formula is C35H34N6O4S. The van der Waals surface area contributed by atoms with Crippen LogP contribution in [0, 0.1) is 6.92 Å². The van der Waals surface area contributed by atoms with E-state index in [1.165, 1.54) is 18.0 Å². The van der Waals surface area contributed by atoms with Crippen LogP contribution in [-0.4, -0.2) is 50.2 Å². The van der Waals surface area contributed by atoms with Crippen molar-refractivity contribution in [2.24, 2.45) is 5.10 Å². The molecule has 3 heterocycles. The highest BCUT2D eigenvalue weighted by atomic mass is 32.2. The molecule has 3 aromatic carbocycles. The summed E-state index contributed by atoms with van der Waals surface area (Å²) in [5.41, 5.74) is 5.12. The maximum absolute atomic E-state index is 13.8. The number of aromatic nitrogens is 3. The first kappa shape index (κ1) is 30.8. The first-order chi connectivity index (χ1) is 22.5. The zero-order valence-corrected chi connectivity index (χ0v) is 26.4. The van der Waals surface area contributed by atoms with Crippen molar-refractivity contribution in [1.82, 2.24) is 25.1 Å². The van der Waals surface area contributed by atoms with Gasteiger partial charge in [0.2, 0.25) is 0 Å². The van der Waals surface area contributed by atoms with E-state index < -0.39 is 0 Å². The smallest absolute Gasteiger partial charge is 0.287 e. The lowest BCUT2D eigenvalue weighted by atomic mass is 9.97. The zero-order valence-electron chi connectivity index (χ0n) is 25.6. The second kappa shape index (κ2) is 14.3. The molecule has 0 radical (unpaired) electrons. The van der Waals surface area contributed by atoms with Crippen LogP contribution in [0.2, 0.25) is 0 Å². The number of hydrogen-bond acceptors (Lipinski definition) is 8. The van der Waals surface area contributed by atoms with Gasteiger partial charge in [-0.15, -0.1) is 10.2 Å². The van der Waals surface area contributed by atoms with Gasteiger partial charge in [-0.25, -0.2) is 5.01 Å². The molecule has 2 amide bonds. The standard InChI is InChI=1S/C35H34N6O4S/c1-24-10-12-27(13-11-24)30-21-29(26-14-16-28(44-2)17-15-26)39-41(30)33(42)23-46-35-38-37-32(22-36-34(43)31-9-6-20-45-31)40(35)19-18-25-7-4-3-5-8-25/h3-17,20,30H,18-19,21-23H2,1-2H3,(H,36,43)/t30-/m1/s1. The number of ether oxygens (including phenoxy) is 1. The highest BCUT2D eigenvalue weighted by Crippen LogP contribution is 2.34. The van der Waals surface area contributed by atoms with Gasteiger partial charge in [-0.2, -0.15) is 5.10 Å². The van der Waals surface area contributed by atoms with Crippen molar-refractivity contribution in [3.05, 3.63) is 131 Å². The molecule has 0 saturated heterocycles. The molecule has 1 aliphatic rings. The zero-order chi connectivity index (χ0) is 31.9. The third kappa shape index (κ3) is 7.21. The van der Waals surface area contributed by atoms with Gasteiger partial charge in [0.15, 0.2) is 16.7 Å². The van der Waals surface area contributed by atoms with Crippen LogP contribution in [0.4, 0.5) is 0 Å². The number of hydrazone groups is 1. The van der Waals surface area contributed by atoms with Crippen LogP contribution in [0.5, 0.6) is 5.75 Å². The van der Waals surface area contributed by atoms with Gasteiger partial charge in [-0.05, 0) is 66.4 Å². The number of hydrogen-bond donors (Lipinski definition) is 1. The van der Waals surface area contributed by atoms with Crippen LogP contribution in [0.1, 0.15) is 51.1 Å². The number of amides is 2. The molecule has 0 aliphatic carbocycles. The van der Waals surface area contributed by atoms with E-state index >= 15 is 0 Å². The molecule has 10 nitrogen and oxygen atoms in total. The van der Waals surface area contributed by atoms with Crippen LogP contribution in [0.15, 0.2) is 112 Å². The summed E-state index contributed by atoms with van der Waals surface area (Å²) in [5.74, 6) is 1.21. The Morgan fingerprint density at radius 3 is 2.48 bits per heavy atom. The van der Waals surface area contributed by atoms with Crippen molar-refractivity contribution < 1.29 is 18.7 Å². The van der Waals surface area contributed by atoms with Crippen molar-refractivity contribution in [2.45, 2.75) is 44.1 Å². The summed E-state index contributed by atoms with van der Waals surface area (Å²) in [4.78, 5) is 26.4. The van der Waals surface area contributed by atoms with Crippen molar-refractivity contribution in [3.8, 4) is 5.75 Å². The lowest BCUT2D eigenvalue weighted by Gasteiger charge is -2.22. The number of rotatable bonds is 12. The third-order valence-corrected chi connectivity index (χ3v) is 8.74. The molecule has 0 spiro atoms. The molecule has 2 aromatic heterocycles. The Morgan fingerprint density at radius 2 is 1.76 bits per heavy atom. The summed E-state index contributed by atoms with van der Waals surface area (Å²) < 4.78 is 12.5. The van der Waals surface area contributed by atoms with Gasteiger partial charge in [0.05, 0.1) is 37.4 Å². The van der Waals surface area contributed by atoms with Gasteiger partial charge in [-0.3, -0.25) is 9.59 Å². The number of methoxy groups -OCH3 is 1. The number of benzene rings is 3. The van der Waals surface area contributed by atoms with Gasteiger partial charge < -0.3 is 19.0 Å². The first-order valence-electron chi connectivity index (χ1n) is 15.0. The summed E-state index contributed by atoms with van der Waals surface area (Å²) in [6.07, 6.45) is 2.78. The molecule has 0 unspecified atom stereocenters. The average Bonchev–Trinajstić information content (AvgIpc) is 3.87. The van der Waals surface area contributed by atoms with Crippen molar-refractivity contribution in [3.63, 3.8) is 0 Å². The Balaban J connectivity index is 1.21. The van der Waals surface area contributed by atoms with Gasteiger partial charge in [0, 0.05) is 13.0 Å². The molecule has 6 rings (SSSR count). The number of carbonyl (C=O) groups is 2. The maximum atomic E-state index is 13.8. The van der Waals surface area contributed by atoms with E-state index in [4.69, 9.17) is 14.3 Å². The average molecular weight is 635 g/mol. The molecule has 234 valence electrons. The number of nitrogens with zero attached hydrogens (tertiary/aromatic N) is 5. The minimum Gasteiger partial charge on any atom is -0.497 e. The lowest BCUT2D eigenvalue weighted by molar-refractivity contribution is -0.130. The van der Waals surface area contributed by atoms with Crippen LogP contribution in [0.25, 0.3) is 0 Å². The monoisotopic (exact) mass is 634 g/mol. The van der Waals surface area contributed by atoms with E-state index in [9.17, 15) is 9.59 Å². The van der Waals surface area contributed by atoms with E-state index in [2.05, 4.69) is 51.9 Å².